The molecule has 3 rings (SSSR count). The summed E-state index contributed by atoms with van der Waals surface area (Å²) in [4.78, 5) is 12.2. The number of aliphatic hydroxyl groups is 1. The molecule has 3 heteroatoms. The summed E-state index contributed by atoms with van der Waals surface area (Å²) in [5, 5.41) is 10.0. The first-order chi connectivity index (χ1) is 8.18. The summed E-state index contributed by atoms with van der Waals surface area (Å²) >= 11 is 0. The van der Waals surface area contributed by atoms with E-state index in [1.54, 1.807) is 0 Å². The van der Waals surface area contributed by atoms with Crippen LogP contribution in [0.25, 0.3) is 0 Å². The van der Waals surface area contributed by atoms with Crippen molar-refractivity contribution in [2.24, 2.45) is 23.2 Å². The van der Waals surface area contributed by atoms with Crippen LogP contribution < -0.4 is 0 Å². The number of hydrogen-bond donors (Lipinski definition) is 1. The second-order valence-corrected chi connectivity index (χ2v) is 5.50. The molecule has 0 aromatic rings. The van der Waals surface area contributed by atoms with Crippen molar-refractivity contribution in [3.8, 4) is 0 Å². The molecule has 5 atom stereocenters. The molecule has 17 heavy (non-hydrogen) atoms. The highest BCUT2D eigenvalue weighted by Gasteiger charge is 2.61. The van der Waals surface area contributed by atoms with Crippen LogP contribution in [0.5, 0.6) is 0 Å². The van der Waals surface area contributed by atoms with Gasteiger partial charge in [-0.25, -0.2) is 0 Å². The van der Waals surface area contributed by atoms with Crippen molar-refractivity contribution in [2.45, 2.75) is 25.4 Å². The number of ether oxygens (including phenoxy) is 1. The standard InChI is InChI=1S/C14H18O3/c1-2-9-3-4-10-5-6-12(15)11-8-17-13(16)14(10,11)7-9/h2,5-6,9-12,15H,1,3-4,7-8H2/t9-,10-,11-,12?,14+/m0/s1. The summed E-state index contributed by atoms with van der Waals surface area (Å²) in [5.74, 6) is 0.440. The molecule has 1 heterocycles. The van der Waals surface area contributed by atoms with Crippen molar-refractivity contribution >= 4 is 5.97 Å². The molecule has 1 spiro atoms. The van der Waals surface area contributed by atoms with Crippen LogP contribution in [0.2, 0.25) is 0 Å². The van der Waals surface area contributed by atoms with Gasteiger partial charge in [-0.3, -0.25) is 4.79 Å². The Bertz CT molecular complexity index is 387. The molecule has 1 aliphatic heterocycles. The molecule has 1 saturated carbocycles. The molecular weight excluding hydrogens is 216 g/mol. The van der Waals surface area contributed by atoms with Gasteiger partial charge in [-0.15, -0.1) is 6.58 Å². The lowest BCUT2D eigenvalue weighted by Gasteiger charge is -2.46. The van der Waals surface area contributed by atoms with Gasteiger partial charge >= 0.3 is 5.97 Å². The summed E-state index contributed by atoms with van der Waals surface area (Å²) in [7, 11) is 0. The lowest BCUT2D eigenvalue weighted by Crippen LogP contribution is -2.50. The first-order valence-corrected chi connectivity index (χ1v) is 6.34. The third kappa shape index (κ3) is 1.35. The fourth-order valence-electron chi connectivity index (χ4n) is 3.85. The van der Waals surface area contributed by atoms with Crippen LogP contribution in [0.15, 0.2) is 24.8 Å². The SMILES string of the molecule is C=C[C@H]1CC[C@H]2C=CC(O)[C@@H]3COC(=O)[C@]23C1. The van der Waals surface area contributed by atoms with E-state index >= 15 is 0 Å². The van der Waals surface area contributed by atoms with E-state index in [0.717, 1.165) is 19.3 Å². The number of aliphatic hydroxyl groups excluding tert-OH is 1. The van der Waals surface area contributed by atoms with Crippen molar-refractivity contribution in [2.75, 3.05) is 6.61 Å². The van der Waals surface area contributed by atoms with Crippen molar-refractivity contribution in [1.29, 1.82) is 0 Å². The predicted molar refractivity (Wildman–Crippen MR) is 63.1 cm³/mol. The molecule has 0 radical (unpaired) electrons. The number of rotatable bonds is 1. The maximum Gasteiger partial charge on any atom is 0.313 e. The third-order valence-electron chi connectivity index (χ3n) is 4.83. The van der Waals surface area contributed by atoms with Gasteiger partial charge in [-0.05, 0) is 31.1 Å². The number of carbonyl (C=O) groups is 1. The predicted octanol–water partition coefficient (Wildman–Crippen LogP) is 1.68. The molecule has 1 saturated heterocycles. The van der Waals surface area contributed by atoms with Gasteiger partial charge in [0.1, 0.15) is 0 Å². The van der Waals surface area contributed by atoms with Crippen LogP contribution in [0.4, 0.5) is 0 Å². The van der Waals surface area contributed by atoms with E-state index in [1.165, 1.54) is 0 Å². The average Bonchev–Trinajstić information content (AvgIpc) is 2.67. The fraction of sp³-hybridized carbons (Fsp3) is 0.643. The maximum atomic E-state index is 12.2. The van der Waals surface area contributed by atoms with E-state index in [2.05, 4.69) is 6.58 Å². The fourth-order valence-corrected chi connectivity index (χ4v) is 3.85. The molecule has 3 aliphatic rings. The average molecular weight is 234 g/mol. The lowest BCUT2D eigenvalue weighted by atomic mass is 9.55. The third-order valence-corrected chi connectivity index (χ3v) is 4.83. The van der Waals surface area contributed by atoms with Gasteiger partial charge in [0.25, 0.3) is 0 Å². The highest BCUT2D eigenvalue weighted by atomic mass is 16.5. The molecular formula is C14H18O3. The number of esters is 1. The monoisotopic (exact) mass is 234 g/mol. The van der Waals surface area contributed by atoms with Crippen molar-refractivity contribution < 1.29 is 14.6 Å². The summed E-state index contributed by atoms with van der Waals surface area (Å²) in [6, 6.07) is 0. The van der Waals surface area contributed by atoms with E-state index in [4.69, 9.17) is 4.74 Å². The smallest absolute Gasteiger partial charge is 0.313 e. The molecule has 2 aliphatic carbocycles. The number of carbonyl (C=O) groups excluding carboxylic acids is 1. The van der Waals surface area contributed by atoms with Crippen molar-refractivity contribution in [3.05, 3.63) is 24.8 Å². The zero-order valence-corrected chi connectivity index (χ0v) is 9.84. The van der Waals surface area contributed by atoms with E-state index in [-0.39, 0.29) is 17.8 Å². The minimum Gasteiger partial charge on any atom is -0.465 e. The molecule has 1 unspecified atom stereocenters. The van der Waals surface area contributed by atoms with Crippen LogP contribution in [-0.2, 0) is 9.53 Å². The Morgan fingerprint density at radius 1 is 1.47 bits per heavy atom. The van der Waals surface area contributed by atoms with E-state index in [1.807, 2.05) is 18.2 Å². The van der Waals surface area contributed by atoms with Crippen LogP contribution in [0.3, 0.4) is 0 Å². The van der Waals surface area contributed by atoms with E-state index in [0.29, 0.717) is 12.5 Å². The second kappa shape index (κ2) is 3.70. The quantitative estimate of drug-likeness (QED) is 0.554. The Morgan fingerprint density at radius 3 is 3.06 bits per heavy atom. The summed E-state index contributed by atoms with van der Waals surface area (Å²) in [6.07, 6.45) is 8.12. The van der Waals surface area contributed by atoms with Crippen molar-refractivity contribution in [1.82, 2.24) is 0 Å². The first kappa shape index (κ1) is 11.0. The van der Waals surface area contributed by atoms with E-state index < -0.39 is 11.5 Å². The highest BCUT2D eigenvalue weighted by Crippen LogP contribution is 2.56. The first-order valence-electron chi connectivity index (χ1n) is 6.34. The Kier molecular flexibility index (Phi) is 2.40. The molecule has 0 amide bonds. The number of cyclic esters (lactones) is 1. The topological polar surface area (TPSA) is 46.5 Å². The molecule has 0 aromatic carbocycles. The minimum absolute atomic E-state index is 0.0623. The zero-order valence-electron chi connectivity index (χ0n) is 9.84. The number of allylic oxidation sites excluding steroid dienone is 2. The maximum absolute atomic E-state index is 12.2. The van der Waals surface area contributed by atoms with E-state index in [9.17, 15) is 9.90 Å². The van der Waals surface area contributed by atoms with Crippen LogP contribution >= 0.6 is 0 Å². The minimum atomic E-state index is -0.540. The van der Waals surface area contributed by atoms with Gasteiger partial charge in [0.2, 0.25) is 0 Å². The largest absolute Gasteiger partial charge is 0.465 e. The zero-order chi connectivity index (χ0) is 12.0. The molecule has 0 aromatic heterocycles. The van der Waals surface area contributed by atoms with Gasteiger partial charge in [0, 0.05) is 5.92 Å². The number of hydrogen-bond acceptors (Lipinski definition) is 3. The van der Waals surface area contributed by atoms with Crippen molar-refractivity contribution in [3.63, 3.8) is 0 Å². The molecule has 1 N–H and O–H groups in total. The molecule has 3 nitrogen and oxygen atoms in total. The van der Waals surface area contributed by atoms with Gasteiger partial charge in [0.05, 0.1) is 18.1 Å². The van der Waals surface area contributed by atoms with Gasteiger partial charge in [-0.2, -0.15) is 0 Å². The van der Waals surface area contributed by atoms with Crippen LogP contribution in [0.1, 0.15) is 19.3 Å². The molecule has 0 bridgehead atoms. The normalized spacial score (nSPS) is 48.2. The Labute approximate surface area is 101 Å². The summed E-state index contributed by atoms with van der Waals surface area (Å²) in [6.45, 7) is 4.21. The molecule has 2 fully saturated rings. The Hall–Kier alpha value is -1.09. The van der Waals surface area contributed by atoms with Gasteiger partial charge < -0.3 is 9.84 Å². The van der Waals surface area contributed by atoms with Gasteiger partial charge in [0.15, 0.2) is 0 Å². The molecule has 92 valence electrons. The van der Waals surface area contributed by atoms with Crippen LogP contribution in [-0.4, -0.2) is 23.8 Å². The highest BCUT2D eigenvalue weighted by molar-refractivity contribution is 5.81. The van der Waals surface area contributed by atoms with Gasteiger partial charge in [-0.1, -0.05) is 18.2 Å². The second-order valence-electron chi connectivity index (χ2n) is 5.50. The lowest BCUT2D eigenvalue weighted by molar-refractivity contribution is -0.152. The Balaban J connectivity index is 2.03. The van der Waals surface area contributed by atoms with Crippen LogP contribution in [0, 0.1) is 23.2 Å². The summed E-state index contributed by atoms with van der Waals surface area (Å²) in [5.41, 5.74) is -0.481. The Morgan fingerprint density at radius 2 is 2.29 bits per heavy atom. The summed E-state index contributed by atoms with van der Waals surface area (Å²) < 4.78 is 5.25.